The number of ether oxygens (including phenoxy) is 1. The Morgan fingerprint density at radius 2 is 1.56 bits per heavy atom. The molecule has 3 saturated carbocycles. The molecular weight excluding hydrogens is 206 g/mol. The fourth-order valence-corrected chi connectivity index (χ4v) is 4.56. The Kier molecular flexibility index (Phi) is 1.64. The number of cyclic esters (lactones) is 2. The highest BCUT2D eigenvalue weighted by molar-refractivity contribution is 5.90. The van der Waals surface area contributed by atoms with Crippen LogP contribution in [0.1, 0.15) is 19.3 Å². The van der Waals surface area contributed by atoms with Crippen molar-refractivity contribution in [2.75, 3.05) is 13.1 Å². The highest BCUT2D eigenvalue weighted by Crippen LogP contribution is 2.67. The molecule has 1 heterocycles. The third kappa shape index (κ3) is 1.08. The molecule has 0 amide bonds. The van der Waals surface area contributed by atoms with Gasteiger partial charge >= 0.3 is 11.9 Å². The minimum atomic E-state index is -0.367. The van der Waals surface area contributed by atoms with E-state index in [0.717, 1.165) is 23.7 Å². The maximum Gasteiger partial charge on any atom is 0.327 e. The van der Waals surface area contributed by atoms with Crippen molar-refractivity contribution < 1.29 is 14.3 Å². The van der Waals surface area contributed by atoms with E-state index in [0.29, 0.717) is 19.1 Å². The van der Waals surface area contributed by atoms with Gasteiger partial charge in [-0.25, -0.2) is 0 Å². The lowest BCUT2D eigenvalue weighted by Crippen LogP contribution is -2.45. The molecular formula is C12H15NO3. The van der Waals surface area contributed by atoms with E-state index in [9.17, 15) is 9.59 Å². The number of esters is 2. The van der Waals surface area contributed by atoms with Crippen LogP contribution < -0.4 is 0 Å². The molecule has 0 aromatic carbocycles. The van der Waals surface area contributed by atoms with Gasteiger partial charge in [0.2, 0.25) is 0 Å². The van der Waals surface area contributed by atoms with Crippen molar-refractivity contribution in [2.45, 2.75) is 25.3 Å². The molecule has 4 fully saturated rings. The van der Waals surface area contributed by atoms with Gasteiger partial charge in [0.05, 0.1) is 13.1 Å². The highest BCUT2D eigenvalue weighted by atomic mass is 16.6. The van der Waals surface area contributed by atoms with Gasteiger partial charge in [0.25, 0.3) is 0 Å². The average molecular weight is 221 g/mol. The average Bonchev–Trinajstić information content (AvgIpc) is 2.67. The van der Waals surface area contributed by atoms with Crippen LogP contribution in [0, 0.1) is 23.7 Å². The summed E-state index contributed by atoms with van der Waals surface area (Å²) in [6.45, 7) is 0.645. The zero-order valence-corrected chi connectivity index (χ0v) is 9.09. The normalized spacial score (nSPS) is 50.4. The Morgan fingerprint density at radius 1 is 1.00 bits per heavy atom. The molecule has 0 aromatic rings. The zero-order chi connectivity index (χ0) is 10.9. The Bertz CT molecular complexity index is 348. The highest BCUT2D eigenvalue weighted by Gasteiger charge is 2.67. The molecule has 86 valence electrons. The van der Waals surface area contributed by atoms with Gasteiger partial charge in [-0.2, -0.15) is 0 Å². The minimum absolute atomic E-state index is 0.322. The fraction of sp³-hybridized carbons (Fsp3) is 0.833. The molecule has 4 aliphatic rings. The molecule has 4 nitrogen and oxygen atoms in total. The molecule has 1 aliphatic heterocycles. The first-order valence-electron chi connectivity index (χ1n) is 6.21. The van der Waals surface area contributed by atoms with Gasteiger partial charge in [-0.1, -0.05) is 0 Å². The van der Waals surface area contributed by atoms with Crippen LogP contribution in [-0.4, -0.2) is 36.0 Å². The van der Waals surface area contributed by atoms with Crippen LogP contribution in [0.2, 0.25) is 0 Å². The number of fused-ring (bicyclic) bond motifs is 5. The maximum absolute atomic E-state index is 11.2. The Labute approximate surface area is 93.9 Å². The standard InChI is InChI=1S/C12H15NO3/c14-8-4-13(5-9(15)16-8)12-10-6-1-2-7(3-6)11(10)12/h6-7,10-12H,1-5H2. The summed E-state index contributed by atoms with van der Waals surface area (Å²) in [6.07, 6.45) is 4.14. The van der Waals surface area contributed by atoms with Gasteiger partial charge in [0.1, 0.15) is 0 Å². The third-order valence-corrected chi connectivity index (χ3v) is 5.01. The Morgan fingerprint density at radius 3 is 2.12 bits per heavy atom. The quantitative estimate of drug-likeness (QED) is 0.475. The lowest BCUT2D eigenvalue weighted by Gasteiger charge is -2.26. The molecule has 4 unspecified atom stereocenters. The number of carbonyl (C=O) groups excluding carboxylic acids is 2. The van der Waals surface area contributed by atoms with E-state index < -0.39 is 0 Å². The topological polar surface area (TPSA) is 46.6 Å². The maximum atomic E-state index is 11.2. The molecule has 4 rings (SSSR count). The van der Waals surface area contributed by atoms with E-state index in [2.05, 4.69) is 9.64 Å². The summed E-state index contributed by atoms with van der Waals surface area (Å²) in [4.78, 5) is 24.5. The predicted octanol–water partition coefficient (Wildman–Crippen LogP) is 0.416. The first-order chi connectivity index (χ1) is 7.74. The van der Waals surface area contributed by atoms with Crippen LogP contribution in [0.25, 0.3) is 0 Å². The molecule has 0 aromatic heterocycles. The van der Waals surface area contributed by atoms with Crippen molar-refractivity contribution in [2.24, 2.45) is 23.7 Å². The second kappa shape index (κ2) is 2.86. The number of carbonyl (C=O) groups is 2. The van der Waals surface area contributed by atoms with Crippen molar-refractivity contribution in [3.05, 3.63) is 0 Å². The monoisotopic (exact) mass is 221 g/mol. The second-order valence-corrected chi connectivity index (χ2v) is 5.73. The molecule has 4 atom stereocenters. The third-order valence-electron chi connectivity index (χ3n) is 5.01. The van der Waals surface area contributed by atoms with Gasteiger partial charge < -0.3 is 4.74 Å². The summed E-state index contributed by atoms with van der Waals surface area (Å²) in [5.74, 6) is 2.61. The first kappa shape index (κ1) is 9.16. The molecule has 4 heteroatoms. The molecule has 0 radical (unpaired) electrons. The fourth-order valence-electron chi connectivity index (χ4n) is 4.56. The summed E-state index contributed by atoms with van der Waals surface area (Å²) in [5, 5.41) is 0. The molecule has 1 saturated heterocycles. The van der Waals surface area contributed by atoms with Crippen molar-refractivity contribution in [1.82, 2.24) is 4.90 Å². The summed E-state index contributed by atoms with van der Waals surface area (Å²) in [7, 11) is 0. The summed E-state index contributed by atoms with van der Waals surface area (Å²) >= 11 is 0. The second-order valence-electron chi connectivity index (χ2n) is 5.73. The van der Waals surface area contributed by atoms with E-state index in [1.807, 2.05) is 0 Å². The summed E-state index contributed by atoms with van der Waals surface area (Å²) in [5.41, 5.74) is 0. The molecule has 2 bridgehead atoms. The van der Waals surface area contributed by atoms with E-state index in [-0.39, 0.29) is 11.9 Å². The predicted molar refractivity (Wildman–Crippen MR) is 54.3 cm³/mol. The lowest BCUT2D eigenvalue weighted by molar-refractivity contribution is -0.167. The van der Waals surface area contributed by atoms with Gasteiger partial charge in [-0.15, -0.1) is 0 Å². The largest absolute Gasteiger partial charge is 0.391 e. The van der Waals surface area contributed by atoms with Crippen molar-refractivity contribution in [3.63, 3.8) is 0 Å². The van der Waals surface area contributed by atoms with E-state index in [1.54, 1.807) is 0 Å². The number of nitrogens with zero attached hydrogens (tertiary/aromatic N) is 1. The summed E-state index contributed by atoms with van der Waals surface area (Å²) < 4.78 is 4.57. The van der Waals surface area contributed by atoms with Gasteiger partial charge in [-0.05, 0) is 42.9 Å². The number of hydrogen-bond acceptors (Lipinski definition) is 4. The van der Waals surface area contributed by atoms with Crippen LogP contribution >= 0.6 is 0 Å². The molecule has 3 aliphatic carbocycles. The molecule has 0 N–H and O–H groups in total. The van der Waals surface area contributed by atoms with Gasteiger partial charge in [0.15, 0.2) is 0 Å². The lowest BCUT2D eigenvalue weighted by atomic mass is 10.0. The zero-order valence-electron chi connectivity index (χ0n) is 9.09. The van der Waals surface area contributed by atoms with Crippen molar-refractivity contribution in [3.8, 4) is 0 Å². The van der Waals surface area contributed by atoms with Crippen LogP contribution in [0.4, 0.5) is 0 Å². The molecule has 0 spiro atoms. The molecule has 16 heavy (non-hydrogen) atoms. The van der Waals surface area contributed by atoms with Crippen molar-refractivity contribution >= 4 is 11.9 Å². The van der Waals surface area contributed by atoms with Gasteiger partial charge in [-0.3, -0.25) is 14.5 Å². The van der Waals surface area contributed by atoms with Gasteiger partial charge in [0, 0.05) is 6.04 Å². The Balaban J connectivity index is 1.52. The number of morpholine rings is 1. The van der Waals surface area contributed by atoms with Crippen LogP contribution in [0.3, 0.4) is 0 Å². The van der Waals surface area contributed by atoms with Crippen molar-refractivity contribution in [1.29, 1.82) is 0 Å². The van der Waals surface area contributed by atoms with Crippen LogP contribution in [0.15, 0.2) is 0 Å². The number of rotatable bonds is 1. The number of hydrogen-bond donors (Lipinski definition) is 0. The Hall–Kier alpha value is -0.900. The van der Waals surface area contributed by atoms with Crippen LogP contribution in [-0.2, 0) is 14.3 Å². The minimum Gasteiger partial charge on any atom is -0.391 e. The van der Waals surface area contributed by atoms with Crippen LogP contribution in [0.5, 0.6) is 0 Å². The van der Waals surface area contributed by atoms with E-state index >= 15 is 0 Å². The van der Waals surface area contributed by atoms with E-state index in [4.69, 9.17) is 0 Å². The van der Waals surface area contributed by atoms with E-state index in [1.165, 1.54) is 19.3 Å². The first-order valence-corrected chi connectivity index (χ1v) is 6.21. The SMILES string of the molecule is O=C1CN(C2C3C4CCC(C4)C32)CC(=O)O1. The summed E-state index contributed by atoms with van der Waals surface area (Å²) in [6, 6.07) is 0.517. The smallest absolute Gasteiger partial charge is 0.327 e.